The van der Waals surface area contributed by atoms with E-state index in [1.54, 1.807) is 7.11 Å². The second-order valence-corrected chi connectivity index (χ2v) is 4.52. The van der Waals surface area contributed by atoms with Crippen molar-refractivity contribution in [1.82, 2.24) is 4.90 Å². The van der Waals surface area contributed by atoms with E-state index in [2.05, 4.69) is 6.58 Å². The second kappa shape index (κ2) is 5.83. The first-order valence-electron chi connectivity index (χ1n) is 6.29. The van der Waals surface area contributed by atoms with Crippen LogP contribution in [0.15, 0.2) is 43.0 Å². The van der Waals surface area contributed by atoms with Crippen molar-refractivity contribution in [3.05, 3.63) is 48.6 Å². The molecule has 1 fully saturated rings. The van der Waals surface area contributed by atoms with E-state index in [0.717, 1.165) is 24.8 Å². The summed E-state index contributed by atoms with van der Waals surface area (Å²) in [6.45, 7) is 3.76. The van der Waals surface area contributed by atoms with Crippen molar-refractivity contribution in [3.8, 4) is 0 Å². The topological polar surface area (TPSA) is 29.5 Å². The van der Waals surface area contributed by atoms with Crippen molar-refractivity contribution < 1.29 is 9.53 Å². The van der Waals surface area contributed by atoms with Crippen molar-refractivity contribution in [3.63, 3.8) is 0 Å². The SMILES string of the molecule is C=CCC1CCC(OC)N1C(=O)c1ccccc1. The largest absolute Gasteiger partial charge is 0.362 e. The summed E-state index contributed by atoms with van der Waals surface area (Å²) in [5.41, 5.74) is 0.718. The Bertz CT molecular complexity index is 416. The third kappa shape index (κ3) is 2.46. The number of hydrogen-bond acceptors (Lipinski definition) is 2. The van der Waals surface area contributed by atoms with Gasteiger partial charge in [0, 0.05) is 18.7 Å². The minimum Gasteiger partial charge on any atom is -0.362 e. The van der Waals surface area contributed by atoms with E-state index in [4.69, 9.17) is 4.74 Å². The van der Waals surface area contributed by atoms with E-state index in [1.165, 1.54) is 0 Å². The maximum absolute atomic E-state index is 12.5. The van der Waals surface area contributed by atoms with Crippen LogP contribution < -0.4 is 0 Å². The maximum Gasteiger partial charge on any atom is 0.256 e. The molecular formula is C15H19NO2. The molecule has 1 aliphatic heterocycles. The number of hydrogen-bond donors (Lipinski definition) is 0. The van der Waals surface area contributed by atoms with Gasteiger partial charge in [-0.2, -0.15) is 0 Å². The molecule has 3 nitrogen and oxygen atoms in total. The van der Waals surface area contributed by atoms with Gasteiger partial charge in [-0.05, 0) is 31.4 Å². The highest BCUT2D eigenvalue weighted by molar-refractivity contribution is 5.94. The number of rotatable bonds is 4. The molecule has 2 unspecified atom stereocenters. The van der Waals surface area contributed by atoms with Crippen LogP contribution in [0.2, 0.25) is 0 Å². The molecule has 1 aromatic rings. The summed E-state index contributed by atoms with van der Waals surface area (Å²) < 4.78 is 5.41. The summed E-state index contributed by atoms with van der Waals surface area (Å²) in [5.74, 6) is 0.0480. The lowest BCUT2D eigenvalue weighted by Crippen LogP contribution is -2.41. The lowest BCUT2D eigenvalue weighted by molar-refractivity contribution is -0.00954. The van der Waals surface area contributed by atoms with Crippen LogP contribution in [0, 0.1) is 0 Å². The summed E-state index contributed by atoms with van der Waals surface area (Å²) in [6.07, 6.45) is 4.45. The fourth-order valence-electron chi connectivity index (χ4n) is 2.53. The van der Waals surface area contributed by atoms with Crippen LogP contribution in [0.4, 0.5) is 0 Å². The van der Waals surface area contributed by atoms with Gasteiger partial charge in [-0.25, -0.2) is 0 Å². The van der Waals surface area contributed by atoms with Crippen molar-refractivity contribution in [1.29, 1.82) is 0 Å². The lowest BCUT2D eigenvalue weighted by atomic mass is 10.1. The third-order valence-corrected chi connectivity index (χ3v) is 3.42. The molecular weight excluding hydrogens is 226 g/mol. The van der Waals surface area contributed by atoms with E-state index >= 15 is 0 Å². The van der Waals surface area contributed by atoms with Gasteiger partial charge in [-0.3, -0.25) is 4.79 Å². The molecule has 0 aliphatic carbocycles. The van der Waals surface area contributed by atoms with Crippen LogP contribution in [0.1, 0.15) is 29.6 Å². The van der Waals surface area contributed by atoms with Gasteiger partial charge in [-0.15, -0.1) is 6.58 Å². The number of carbonyl (C=O) groups excluding carboxylic acids is 1. The second-order valence-electron chi connectivity index (χ2n) is 4.52. The molecule has 96 valence electrons. The zero-order chi connectivity index (χ0) is 13.0. The number of benzene rings is 1. The van der Waals surface area contributed by atoms with Gasteiger partial charge >= 0.3 is 0 Å². The van der Waals surface area contributed by atoms with Crippen LogP contribution in [0.5, 0.6) is 0 Å². The molecule has 2 rings (SSSR count). The zero-order valence-electron chi connectivity index (χ0n) is 10.7. The van der Waals surface area contributed by atoms with Gasteiger partial charge in [0.15, 0.2) is 0 Å². The van der Waals surface area contributed by atoms with Crippen molar-refractivity contribution in [2.45, 2.75) is 31.5 Å². The average Bonchev–Trinajstić information content (AvgIpc) is 2.82. The Labute approximate surface area is 108 Å². The molecule has 1 aliphatic rings. The quantitative estimate of drug-likeness (QED) is 0.763. The molecule has 0 radical (unpaired) electrons. The van der Waals surface area contributed by atoms with E-state index in [0.29, 0.717) is 0 Å². The molecule has 0 spiro atoms. The van der Waals surface area contributed by atoms with Crippen molar-refractivity contribution in [2.75, 3.05) is 7.11 Å². The molecule has 0 N–H and O–H groups in total. The van der Waals surface area contributed by atoms with Crippen LogP contribution >= 0.6 is 0 Å². The summed E-state index contributed by atoms with van der Waals surface area (Å²) >= 11 is 0. The molecule has 1 aromatic carbocycles. The summed E-state index contributed by atoms with van der Waals surface area (Å²) in [7, 11) is 1.66. The number of carbonyl (C=O) groups is 1. The Morgan fingerprint density at radius 3 is 2.78 bits per heavy atom. The molecule has 1 heterocycles. The number of nitrogens with zero attached hydrogens (tertiary/aromatic N) is 1. The van der Waals surface area contributed by atoms with Gasteiger partial charge in [0.2, 0.25) is 0 Å². The van der Waals surface area contributed by atoms with Gasteiger partial charge in [0.1, 0.15) is 6.23 Å². The van der Waals surface area contributed by atoms with Crippen molar-refractivity contribution in [2.24, 2.45) is 0 Å². The molecule has 0 aromatic heterocycles. The number of ether oxygens (including phenoxy) is 1. The standard InChI is InChI=1S/C15H19NO2/c1-3-7-13-10-11-14(18-2)16(13)15(17)12-8-5-4-6-9-12/h3-6,8-9,13-14H,1,7,10-11H2,2H3. The Balaban J connectivity index is 2.22. The average molecular weight is 245 g/mol. The van der Waals surface area contributed by atoms with E-state index in [-0.39, 0.29) is 18.2 Å². The third-order valence-electron chi connectivity index (χ3n) is 3.42. The fraction of sp³-hybridized carbons (Fsp3) is 0.400. The number of methoxy groups -OCH3 is 1. The van der Waals surface area contributed by atoms with Gasteiger partial charge in [0.25, 0.3) is 5.91 Å². The minimum atomic E-state index is -0.109. The van der Waals surface area contributed by atoms with Crippen LogP contribution in [0.25, 0.3) is 0 Å². The molecule has 1 saturated heterocycles. The van der Waals surface area contributed by atoms with Gasteiger partial charge in [-0.1, -0.05) is 24.3 Å². The summed E-state index contributed by atoms with van der Waals surface area (Å²) in [6, 6.07) is 9.58. The predicted molar refractivity (Wildman–Crippen MR) is 71.2 cm³/mol. The first-order chi connectivity index (χ1) is 8.77. The normalized spacial score (nSPS) is 23.1. The molecule has 18 heavy (non-hydrogen) atoms. The highest BCUT2D eigenvalue weighted by atomic mass is 16.5. The predicted octanol–water partition coefficient (Wildman–Crippen LogP) is 2.84. The van der Waals surface area contributed by atoms with E-state index in [1.807, 2.05) is 41.3 Å². The van der Waals surface area contributed by atoms with Crippen molar-refractivity contribution >= 4 is 5.91 Å². The molecule has 1 amide bonds. The Morgan fingerprint density at radius 1 is 1.44 bits per heavy atom. The Morgan fingerprint density at radius 2 is 2.17 bits per heavy atom. The van der Waals surface area contributed by atoms with Crippen LogP contribution in [-0.4, -0.2) is 30.2 Å². The number of amides is 1. The van der Waals surface area contributed by atoms with Crippen LogP contribution in [-0.2, 0) is 4.74 Å². The molecule has 3 heteroatoms. The Hall–Kier alpha value is -1.61. The Kier molecular flexibility index (Phi) is 4.15. The van der Waals surface area contributed by atoms with E-state index in [9.17, 15) is 4.79 Å². The van der Waals surface area contributed by atoms with Gasteiger partial charge < -0.3 is 9.64 Å². The zero-order valence-corrected chi connectivity index (χ0v) is 10.7. The maximum atomic E-state index is 12.5. The summed E-state index contributed by atoms with van der Waals surface area (Å²) in [5, 5.41) is 0. The van der Waals surface area contributed by atoms with Crippen LogP contribution in [0.3, 0.4) is 0 Å². The highest BCUT2D eigenvalue weighted by Crippen LogP contribution is 2.28. The highest BCUT2D eigenvalue weighted by Gasteiger charge is 2.36. The molecule has 0 bridgehead atoms. The first-order valence-corrected chi connectivity index (χ1v) is 6.29. The monoisotopic (exact) mass is 245 g/mol. The molecule has 0 saturated carbocycles. The summed E-state index contributed by atoms with van der Waals surface area (Å²) in [4.78, 5) is 14.4. The van der Waals surface area contributed by atoms with Gasteiger partial charge in [0.05, 0.1) is 0 Å². The molecule has 2 atom stereocenters. The number of likely N-dealkylation sites (tertiary alicyclic amines) is 1. The lowest BCUT2D eigenvalue weighted by Gasteiger charge is -2.29. The first kappa shape index (κ1) is 12.8. The van der Waals surface area contributed by atoms with E-state index < -0.39 is 0 Å². The fourth-order valence-corrected chi connectivity index (χ4v) is 2.53. The minimum absolute atomic E-state index is 0.0480. The smallest absolute Gasteiger partial charge is 0.256 e.